The third-order valence-corrected chi connectivity index (χ3v) is 14.0. The lowest BCUT2D eigenvalue weighted by Gasteiger charge is -2.31. The average molecular weight is 417 g/mol. The van der Waals surface area contributed by atoms with Crippen LogP contribution in [0.3, 0.4) is 0 Å². The summed E-state index contributed by atoms with van der Waals surface area (Å²) >= 11 is 0. The van der Waals surface area contributed by atoms with Gasteiger partial charge in [0.25, 0.3) is 0 Å². The molecule has 0 heterocycles. The molecule has 0 radical (unpaired) electrons. The zero-order valence-electron chi connectivity index (χ0n) is 19.3. The van der Waals surface area contributed by atoms with Crippen molar-refractivity contribution in [2.24, 2.45) is 0 Å². The minimum Gasteiger partial charge on any atom is -0.0656 e. The van der Waals surface area contributed by atoms with E-state index in [2.05, 4.69) is 103 Å². The zero-order valence-corrected chi connectivity index (χ0v) is 23.3. The summed E-state index contributed by atoms with van der Waals surface area (Å²) in [6, 6.07) is 10.4. The zero-order chi connectivity index (χ0) is 20.3. The smallest absolute Gasteiger partial charge is 0.0656 e. The van der Waals surface area contributed by atoms with E-state index < -0.39 is 32.3 Å². The maximum atomic E-state index is 2.59. The molecule has 0 aromatic heterocycles. The molecule has 26 heavy (non-hydrogen) atoms. The fourth-order valence-electron chi connectivity index (χ4n) is 3.83. The minimum absolute atomic E-state index is 1.36. The van der Waals surface area contributed by atoms with Gasteiger partial charge >= 0.3 is 0 Å². The molecule has 0 atom stereocenters. The summed E-state index contributed by atoms with van der Waals surface area (Å²) in [6.07, 6.45) is 0. The lowest BCUT2D eigenvalue weighted by molar-refractivity contribution is 1.67. The highest BCUT2D eigenvalue weighted by Crippen LogP contribution is 2.18. The molecule has 4 heteroatoms. The molecule has 0 saturated carbocycles. The quantitative estimate of drug-likeness (QED) is 0.614. The Kier molecular flexibility index (Phi) is 5.53. The van der Waals surface area contributed by atoms with Crippen LogP contribution in [0.1, 0.15) is 0 Å². The van der Waals surface area contributed by atoms with E-state index in [4.69, 9.17) is 0 Å². The van der Waals surface area contributed by atoms with Gasteiger partial charge in [-0.1, -0.05) is 124 Å². The molecule has 0 amide bonds. The summed E-state index contributed by atoms with van der Waals surface area (Å²) in [7, 11) is -5.45. The van der Waals surface area contributed by atoms with Crippen LogP contribution >= 0.6 is 0 Å². The molecule has 0 bridgehead atoms. The monoisotopic (exact) mass is 416 g/mol. The van der Waals surface area contributed by atoms with Crippen molar-refractivity contribution < 1.29 is 0 Å². The molecule has 0 fully saturated rings. The standard InChI is InChI=1S/C22H40Si4/c1-23(2,3)19-13-17-15-21(25(7,8)9)22(26(10,11)12)16-18(17)14-20(19)24(4,5)6/h13-16H,1-12H3. The van der Waals surface area contributed by atoms with E-state index in [0.29, 0.717) is 0 Å². The number of hydrogen-bond donors (Lipinski definition) is 0. The summed E-state index contributed by atoms with van der Waals surface area (Å²) in [6.45, 7) is 30.1. The van der Waals surface area contributed by atoms with Gasteiger partial charge in [0.15, 0.2) is 0 Å². The molecule has 2 aromatic carbocycles. The molecule has 0 N–H and O–H groups in total. The van der Waals surface area contributed by atoms with Crippen LogP contribution in [0.25, 0.3) is 10.8 Å². The van der Waals surface area contributed by atoms with Gasteiger partial charge in [0, 0.05) is 0 Å². The first-order valence-corrected chi connectivity index (χ1v) is 24.1. The van der Waals surface area contributed by atoms with Crippen LogP contribution in [-0.2, 0) is 0 Å². The molecular formula is C22H40Si4. The fourth-order valence-corrected chi connectivity index (χ4v) is 14.2. The molecule has 0 nitrogen and oxygen atoms in total. The molecule has 2 aromatic rings. The molecule has 0 unspecified atom stereocenters. The second kappa shape index (κ2) is 6.57. The largest absolute Gasteiger partial charge is 0.0774 e. The third kappa shape index (κ3) is 4.51. The second-order valence-electron chi connectivity index (χ2n) is 12.1. The van der Waals surface area contributed by atoms with Crippen LogP contribution in [-0.4, -0.2) is 32.3 Å². The van der Waals surface area contributed by atoms with Crippen LogP contribution in [0.5, 0.6) is 0 Å². The average Bonchev–Trinajstić information content (AvgIpc) is 2.40. The van der Waals surface area contributed by atoms with Crippen LogP contribution < -0.4 is 20.7 Å². The Bertz CT molecular complexity index is 686. The predicted molar refractivity (Wildman–Crippen MR) is 136 cm³/mol. The first kappa shape index (κ1) is 21.9. The van der Waals surface area contributed by atoms with Crippen LogP contribution in [0, 0.1) is 0 Å². The van der Waals surface area contributed by atoms with Crippen LogP contribution in [0.4, 0.5) is 0 Å². The number of hydrogen-bond acceptors (Lipinski definition) is 0. The SMILES string of the molecule is C[Si](C)(C)c1cc2cc([Si](C)(C)C)c([Si](C)(C)C)cc2cc1[Si](C)(C)C. The molecule has 2 rings (SSSR count). The van der Waals surface area contributed by atoms with Crippen LogP contribution in [0.2, 0.25) is 78.6 Å². The Hall–Kier alpha value is -0.432. The van der Waals surface area contributed by atoms with Gasteiger partial charge in [0.1, 0.15) is 0 Å². The molecule has 0 aliphatic heterocycles. The van der Waals surface area contributed by atoms with Crippen molar-refractivity contribution in [2.45, 2.75) is 78.6 Å². The Morgan fingerprint density at radius 2 is 0.500 bits per heavy atom. The van der Waals surface area contributed by atoms with Gasteiger partial charge in [-0.3, -0.25) is 0 Å². The Balaban J connectivity index is 2.96. The van der Waals surface area contributed by atoms with Crippen molar-refractivity contribution in [1.82, 2.24) is 0 Å². The molecule has 0 aliphatic carbocycles. The van der Waals surface area contributed by atoms with Crippen molar-refractivity contribution >= 4 is 63.8 Å². The van der Waals surface area contributed by atoms with Gasteiger partial charge in [0.05, 0.1) is 32.3 Å². The van der Waals surface area contributed by atoms with Crippen molar-refractivity contribution in [2.75, 3.05) is 0 Å². The van der Waals surface area contributed by atoms with Gasteiger partial charge in [-0.15, -0.1) is 0 Å². The van der Waals surface area contributed by atoms with Gasteiger partial charge < -0.3 is 0 Å². The molecule has 144 valence electrons. The van der Waals surface area contributed by atoms with E-state index in [1.807, 2.05) is 0 Å². The van der Waals surface area contributed by atoms with Crippen molar-refractivity contribution in [3.63, 3.8) is 0 Å². The highest BCUT2D eigenvalue weighted by atomic mass is 28.3. The summed E-state index contributed by atoms with van der Waals surface area (Å²) in [4.78, 5) is 0. The summed E-state index contributed by atoms with van der Waals surface area (Å²) in [5.74, 6) is 0. The van der Waals surface area contributed by atoms with Gasteiger partial charge in [-0.25, -0.2) is 0 Å². The van der Waals surface area contributed by atoms with E-state index in [1.54, 1.807) is 20.7 Å². The van der Waals surface area contributed by atoms with Crippen molar-refractivity contribution in [3.05, 3.63) is 24.3 Å². The Morgan fingerprint density at radius 1 is 0.346 bits per heavy atom. The molecular weight excluding hydrogens is 377 g/mol. The first-order chi connectivity index (χ1) is 11.4. The van der Waals surface area contributed by atoms with E-state index in [0.717, 1.165) is 0 Å². The van der Waals surface area contributed by atoms with Crippen LogP contribution in [0.15, 0.2) is 24.3 Å². The van der Waals surface area contributed by atoms with Crippen molar-refractivity contribution in [3.8, 4) is 0 Å². The lowest BCUT2D eigenvalue weighted by Crippen LogP contribution is -2.57. The summed E-state index contributed by atoms with van der Waals surface area (Å²) in [5, 5.41) is 9.78. The predicted octanol–water partition coefficient (Wildman–Crippen LogP) is 5.02. The van der Waals surface area contributed by atoms with Gasteiger partial charge in [-0.05, 0) is 10.8 Å². The molecule has 0 spiro atoms. The fraction of sp³-hybridized carbons (Fsp3) is 0.545. The van der Waals surface area contributed by atoms with E-state index >= 15 is 0 Å². The van der Waals surface area contributed by atoms with E-state index in [9.17, 15) is 0 Å². The van der Waals surface area contributed by atoms with Gasteiger partial charge in [0.2, 0.25) is 0 Å². The highest BCUT2D eigenvalue weighted by molar-refractivity contribution is 6.99. The maximum absolute atomic E-state index is 2.59. The Labute approximate surface area is 166 Å². The number of benzene rings is 2. The lowest BCUT2D eigenvalue weighted by atomic mass is 10.1. The van der Waals surface area contributed by atoms with Gasteiger partial charge in [-0.2, -0.15) is 0 Å². The summed E-state index contributed by atoms with van der Waals surface area (Å²) in [5.41, 5.74) is 0. The third-order valence-electron chi connectivity index (χ3n) is 5.35. The minimum atomic E-state index is -1.36. The second-order valence-corrected chi connectivity index (χ2v) is 32.3. The number of rotatable bonds is 4. The molecule has 0 saturated heterocycles. The van der Waals surface area contributed by atoms with Crippen molar-refractivity contribution in [1.29, 1.82) is 0 Å². The summed E-state index contributed by atoms with van der Waals surface area (Å²) < 4.78 is 0. The highest BCUT2D eigenvalue weighted by Gasteiger charge is 2.31. The Morgan fingerprint density at radius 3 is 0.615 bits per heavy atom. The maximum Gasteiger partial charge on any atom is 0.0774 e. The topological polar surface area (TPSA) is 0 Å². The van der Waals surface area contributed by atoms with E-state index in [-0.39, 0.29) is 0 Å². The normalized spacial score (nSPS) is 14.2. The first-order valence-electron chi connectivity index (χ1n) is 10.1. The van der Waals surface area contributed by atoms with E-state index in [1.165, 1.54) is 10.8 Å². The molecule has 0 aliphatic rings. The number of fused-ring (bicyclic) bond motifs is 1.